The van der Waals surface area contributed by atoms with Gasteiger partial charge in [-0.3, -0.25) is 4.79 Å². The van der Waals surface area contributed by atoms with Crippen molar-refractivity contribution in [3.63, 3.8) is 0 Å². The zero-order chi connectivity index (χ0) is 11.8. The smallest absolute Gasteiger partial charge is 0.255 e. The molecule has 86 valence electrons. The molecule has 4 heteroatoms. The van der Waals surface area contributed by atoms with E-state index in [2.05, 4.69) is 10.2 Å². The molecule has 0 aliphatic carbocycles. The third-order valence-electron chi connectivity index (χ3n) is 3.00. The third kappa shape index (κ3) is 1.61. The van der Waals surface area contributed by atoms with Crippen molar-refractivity contribution in [2.45, 2.75) is 6.17 Å². The van der Waals surface area contributed by atoms with Gasteiger partial charge in [0.2, 0.25) is 0 Å². The van der Waals surface area contributed by atoms with E-state index in [1.807, 2.05) is 48.8 Å². The molecule has 0 spiro atoms. The highest BCUT2D eigenvalue weighted by Crippen LogP contribution is 2.32. The molecule has 2 heterocycles. The summed E-state index contributed by atoms with van der Waals surface area (Å²) >= 11 is 1.65. The molecule has 1 aromatic carbocycles. The summed E-state index contributed by atoms with van der Waals surface area (Å²) in [5, 5.41) is 5.05. The second kappa shape index (κ2) is 3.89. The number of carbonyl (C=O) groups is 1. The number of nitrogens with one attached hydrogen (secondary N) is 1. The molecule has 3 rings (SSSR count). The maximum Gasteiger partial charge on any atom is 0.255 e. The molecule has 0 bridgehead atoms. The van der Waals surface area contributed by atoms with E-state index in [-0.39, 0.29) is 12.1 Å². The van der Waals surface area contributed by atoms with Crippen molar-refractivity contribution in [2.24, 2.45) is 0 Å². The van der Waals surface area contributed by atoms with Crippen molar-refractivity contribution in [1.29, 1.82) is 0 Å². The number of hydrogen-bond acceptors (Lipinski definition) is 3. The number of nitrogens with zero attached hydrogens (tertiary/aromatic N) is 1. The van der Waals surface area contributed by atoms with Crippen LogP contribution in [0.25, 0.3) is 0 Å². The van der Waals surface area contributed by atoms with Crippen LogP contribution in [0.4, 0.5) is 5.69 Å². The summed E-state index contributed by atoms with van der Waals surface area (Å²) in [6.07, 6.45) is -0.0580. The minimum Gasteiger partial charge on any atom is -0.349 e. The van der Waals surface area contributed by atoms with E-state index in [1.165, 1.54) is 0 Å². The molecule has 0 unspecified atom stereocenters. The molecule has 1 aliphatic heterocycles. The topological polar surface area (TPSA) is 32.3 Å². The first-order valence-corrected chi connectivity index (χ1v) is 6.31. The van der Waals surface area contributed by atoms with E-state index in [4.69, 9.17) is 0 Å². The van der Waals surface area contributed by atoms with E-state index in [0.717, 1.165) is 16.1 Å². The predicted octanol–water partition coefficient (Wildman–Crippen LogP) is 2.63. The molecule has 2 aromatic rings. The SMILES string of the molecule is CN1c2ccccc2C(=O)N[C@H]1c1cccs1. The number of amides is 1. The van der Waals surface area contributed by atoms with Gasteiger partial charge in [-0.05, 0) is 23.6 Å². The van der Waals surface area contributed by atoms with Gasteiger partial charge in [0.1, 0.15) is 6.17 Å². The Balaban J connectivity index is 2.06. The van der Waals surface area contributed by atoms with Crippen molar-refractivity contribution in [3.8, 4) is 0 Å². The molecule has 0 saturated heterocycles. The second-order valence-corrected chi connectivity index (χ2v) is 5.00. The van der Waals surface area contributed by atoms with Crippen LogP contribution in [0.5, 0.6) is 0 Å². The quantitative estimate of drug-likeness (QED) is 0.836. The van der Waals surface area contributed by atoms with Gasteiger partial charge < -0.3 is 10.2 Å². The number of hydrogen-bond donors (Lipinski definition) is 1. The van der Waals surface area contributed by atoms with Crippen LogP contribution in [0.1, 0.15) is 21.4 Å². The van der Waals surface area contributed by atoms with Crippen LogP contribution in [-0.2, 0) is 0 Å². The molecule has 1 N–H and O–H groups in total. The average molecular weight is 244 g/mol. The molecule has 0 fully saturated rings. The summed E-state index contributed by atoms with van der Waals surface area (Å²) in [5.41, 5.74) is 1.72. The van der Waals surface area contributed by atoms with Crippen molar-refractivity contribution in [2.75, 3.05) is 11.9 Å². The van der Waals surface area contributed by atoms with Crippen LogP contribution in [-0.4, -0.2) is 13.0 Å². The first kappa shape index (κ1) is 10.4. The van der Waals surface area contributed by atoms with E-state index >= 15 is 0 Å². The number of para-hydroxylation sites is 1. The Morgan fingerprint density at radius 1 is 1.24 bits per heavy atom. The van der Waals surface area contributed by atoms with Crippen LogP contribution < -0.4 is 10.2 Å². The lowest BCUT2D eigenvalue weighted by atomic mass is 10.1. The monoisotopic (exact) mass is 244 g/mol. The number of rotatable bonds is 1. The summed E-state index contributed by atoms with van der Waals surface area (Å²) in [4.78, 5) is 15.3. The largest absolute Gasteiger partial charge is 0.349 e. The maximum absolute atomic E-state index is 12.0. The summed E-state index contributed by atoms with van der Waals surface area (Å²) in [5.74, 6) is -0.00269. The third-order valence-corrected chi connectivity index (χ3v) is 3.92. The summed E-state index contributed by atoms with van der Waals surface area (Å²) < 4.78 is 0. The van der Waals surface area contributed by atoms with E-state index in [9.17, 15) is 4.79 Å². The Morgan fingerprint density at radius 2 is 2.06 bits per heavy atom. The summed E-state index contributed by atoms with van der Waals surface area (Å²) in [6, 6.07) is 11.7. The second-order valence-electron chi connectivity index (χ2n) is 4.02. The molecule has 17 heavy (non-hydrogen) atoms. The number of thiophene rings is 1. The maximum atomic E-state index is 12.0. The van der Waals surface area contributed by atoms with Gasteiger partial charge in [0.25, 0.3) is 5.91 Å². The molecule has 0 radical (unpaired) electrons. The molecule has 1 aliphatic rings. The average Bonchev–Trinajstić information content (AvgIpc) is 2.87. The van der Waals surface area contributed by atoms with Crippen LogP contribution in [0.2, 0.25) is 0 Å². The highest BCUT2D eigenvalue weighted by molar-refractivity contribution is 7.10. The van der Waals surface area contributed by atoms with Gasteiger partial charge in [-0.25, -0.2) is 0 Å². The van der Waals surface area contributed by atoms with Crippen LogP contribution in [0, 0.1) is 0 Å². The first-order chi connectivity index (χ1) is 8.27. The lowest BCUT2D eigenvalue weighted by molar-refractivity contribution is 0.0929. The van der Waals surface area contributed by atoms with Gasteiger partial charge in [-0.1, -0.05) is 18.2 Å². The van der Waals surface area contributed by atoms with Crippen LogP contribution in [0.15, 0.2) is 41.8 Å². The van der Waals surface area contributed by atoms with E-state index in [0.29, 0.717) is 0 Å². The molecular weight excluding hydrogens is 232 g/mol. The van der Waals surface area contributed by atoms with Crippen LogP contribution in [0.3, 0.4) is 0 Å². The first-order valence-electron chi connectivity index (χ1n) is 5.43. The zero-order valence-corrected chi connectivity index (χ0v) is 10.2. The fourth-order valence-corrected chi connectivity index (χ4v) is 2.94. The Morgan fingerprint density at radius 3 is 2.82 bits per heavy atom. The van der Waals surface area contributed by atoms with Gasteiger partial charge in [0.15, 0.2) is 0 Å². The lowest BCUT2D eigenvalue weighted by Crippen LogP contribution is -2.44. The Kier molecular flexibility index (Phi) is 2.37. The molecule has 1 atom stereocenters. The van der Waals surface area contributed by atoms with Gasteiger partial charge >= 0.3 is 0 Å². The highest BCUT2D eigenvalue weighted by Gasteiger charge is 2.29. The van der Waals surface area contributed by atoms with Gasteiger partial charge in [-0.15, -0.1) is 11.3 Å². The number of carbonyl (C=O) groups excluding carboxylic acids is 1. The zero-order valence-electron chi connectivity index (χ0n) is 9.38. The lowest BCUT2D eigenvalue weighted by Gasteiger charge is -2.35. The fraction of sp³-hybridized carbons (Fsp3) is 0.154. The summed E-state index contributed by atoms with van der Waals surface area (Å²) in [7, 11) is 2.00. The standard InChI is InChI=1S/C13H12N2OS/c1-15-10-6-3-2-5-9(10)13(16)14-12(15)11-7-4-8-17-11/h2-8,12H,1H3,(H,14,16)/t12-/m1/s1. The van der Waals surface area contributed by atoms with Gasteiger partial charge in [-0.2, -0.15) is 0 Å². The van der Waals surface area contributed by atoms with Crippen molar-refractivity contribution in [3.05, 3.63) is 52.2 Å². The minimum absolute atomic E-state index is 0.00269. The van der Waals surface area contributed by atoms with Crippen molar-refractivity contribution >= 4 is 22.9 Å². The Hall–Kier alpha value is -1.81. The molecule has 1 amide bonds. The van der Waals surface area contributed by atoms with E-state index < -0.39 is 0 Å². The van der Waals surface area contributed by atoms with Crippen molar-refractivity contribution < 1.29 is 4.79 Å². The van der Waals surface area contributed by atoms with Gasteiger partial charge in [0.05, 0.1) is 11.3 Å². The predicted molar refractivity (Wildman–Crippen MR) is 69.4 cm³/mol. The number of anilines is 1. The van der Waals surface area contributed by atoms with Gasteiger partial charge in [0, 0.05) is 11.9 Å². The van der Waals surface area contributed by atoms with E-state index in [1.54, 1.807) is 11.3 Å². The normalized spacial score (nSPS) is 18.8. The Labute approximate surface area is 104 Å². The minimum atomic E-state index is -0.0580. The Bertz CT molecular complexity index is 550. The number of benzene rings is 1. The highest BCUT2D eigenvalue weighted by atomic mass is 32.1. The molecular formula is C13H12N2OS. The van der Waals surface area contributed by atoms with Crippen molar-refractivity contribution in [1.82, 2.24) is 5.32 Å². The fourth-order valence-electron chi connectivity index (χ4n) is 2.12. The number of fused-ring (bicyclic) bond motifs is 1. The summed E-state index contributed by atoms with van der Waals surface area (Å²) in [6.45, 7) is 0. The molecule has 3 nitrogen and oxygen atoms in total. The van der Waals surface area contributed by atoms with Crippen LogP contribution >= 0.6 is 11.3 Å². The molecule has 1 aromatic heterocycles. The molecule has 0 saturated carbocycles.